The average molecular weight is 677 g/mol. The van der Waals surface area contributed by atoms with Crippen LogP contribution in [0.3, 0.4) is 0 Å². The van der Waals surface area contributed by atoms with Crippen molar-refractivity contribution in [2.45, 2.75) is 18.9 Å². The summed E-state index contributed by atoms with van der Waals surface area (Å²) in [7, 11) is 0. The number of fused-ring (bicyclic) bond motifs is 1. The fourth-order valence-electron chi connectivity index (χ4n) is 5.29. The van der Waals surface area contributed by atoms with Crippen molar-refractivity contribution < 1.29 is 14.3 Å². The van der Waals surface area contributed by atoms with E-state index in [2.05, 4.69) is 22.4 Å². The van der Waals surface area contributed by atoms with Gasteiger partial charge in [-0.1, -0.05) is 23.7 Å². The number of nitrogens with zero attached hydrogens (tertiary/aromatic N) is 4. The molecule has 1 amide bonds. The van der Waals surface area contributed by atoms with Crippen molar-refractivity contribution >= 4 is 53.6 Å². The third kappa shape index (κ3) is 6.64. The third-order valence-electron chi connectivity index (χ3n) is 7.43. The van der Waals surface area contributed by atoms with Crippen molar-refractivity contribution in [3.05, 3.63) is 120 Å². The number of anilines is 1. The summed E-state index contributed by atoms with van der Waals surface area (Å²) >= 11 is 5.77. The summed E-state index contributed by atoms with van der Waals surface area (Å²) in [5.74, 6) is 0.554. The molecule has 1 aliphatic rings. The standard InChI is InChI=1S/C35H28AsClN5O3/c37-29-14-2-1-13-28(29)34(43)39-25-10-5-8-23(20-25)32-33(42-18-4-3-15-31(42)41-32)30-16-17-38-35(40-30)36-24-9-6-11-26(21-24)45-22-27-12-7-19-44-27/h1-6,8-11,13-18,20-21,27H,7,12,19,22H2,(H,39,43). The van der Waals surface area contributed by atoms with Gasteiger partial charge in [-0.2, -0.15) is 0 Å². The van der Waals surface area contributed by atoms with E-state index in [0.717, 1.165) is 62.5 Å². The number of nitrogens with one attached hydrogen (secondary N) is 1. The van der Waals surface area contributed by atoms with E-state index in [0.29, 0.717) is 22.9 Å². The number of aromatic nitrogens is 4. The fourth-order valence-corrected chi connectivity index (χ4v) is 7.32. The van der Waals surface area contributed by atoms with Crippen molar-refractivity contribution in [1.82, 2.24) is 19.4 Å². The molecule has 1 unspecified atom stereocenters. The molecule has 1 saturated heterocycles. The number of halogens is 1. The monoisotopic (exact) mass is 676 g/mol. The third-order valence-corrected chi connectivity index (χ3v) is 9.76. The molecule has 10 heteroatoms. The van der Waals surface area contributed by atoms with Crippen LogP contribution in [0.1, 0.15) is 23.2 Å². The van der Waals surface area contributed by atoms with E-state index in [4.69, 9.17) is 31.0 Å². The molecule has 1 radical (unpaired) electrons. The smallest absolute Gasteiger partial charge is 0.0835 e. The van der Waals surface area contributed by atoms with E-state index in [1.54, 1.807) is 30.5 Å². The van der Waals surface area contributed by atoms with Gasteiger partial charge >= 0.3 is 243 Å². The van der Waals surface area contributed by atoms with Crippen LogP contribution in [-0.4, -0.2) is 60.3 Å². The maximum atomic E-state index is 13.0. The summed E-state index contributed by atoms with van der Waals surface area (Å²) in [6, 6.07) is 30.6. The molecule has 1 N–H and O–H groups in total. The van der Waals surface area contributed by atoms with Gasteiger partial charge in [-0.3, -0.25) is 0 Å². The second-order valence-electron chi connectivity index (χ2n) is 10.5. The number of hydrogen-bond donors (Lipinski definition) is 1. The van der Waals surface area contributed by atoms with Crippen LogP contribution in [0.2, 0.25) is 5.02 Å². The van der Waals surface area contributed by atoms with Crippen LogP contribution in [0.15, 0.2) is 109 Å². The van der Waals surface area contributed by atoms with Gasteiger partial charge in [0.15, 0.2) is 0 Å². The molecule has 1 fully saturated rings. The van der Waals surface area contributed by atoms with Crippen molar-refractivity contribution in [3.8, 4) is 28.4 Å². The van der Waals surface area contributed by atoms with E-state index < -0.39 is 15.8 Å². The van der Waals surface area contributed by atoms with Crippen molar-refractivity contribution in [2.24, 2.45) is 0 Å². The van der Waals surface area contributed by atoms with E-state index in [1.807, 2.05) is 71.3 Å². The van der Waals surface area contributed by atoms with Gasteiger partial charge in [0.1, 0.15) is 0 Å². The number of ether oxygens (including phenoxy) is 2. The van der Waals surface area contributed by atoms with Crippen LogP contribution < -0.4 is 19.0 Å². The minimum Gasteiger partial charge on any atom is -0.0835 e. The molecule has 1 atom stereocenters. The molecule has 3 aromatic heterocycles. The Morgan fingerprint density at radius 1 is 1.00 bits per heavy atom. The molecule has 8 nitrogen and oxygen atoms in total. The number of carbonyl (C=O) groups excluding carboxylic acids is 1. The first kappa shape index (κ1) is 29.2. The molecule has 223 valence electrons. The number of rotatable bonds is 9. The molecular weight excluding hydrogens is 649 g/mol. The first-order chi connectivity index (χ1) is 22.1. The number of benzene rings is 3. The summed E-state index contributed by atoms with van der Waals surface area (Å²) in [6.45, 7) is 1.38. The Balaban J connectivity index is 1.18. The quantitative estimate of drug-likeness (QED) is 0.201. The number of pyridine rings is 1. The summed E-state index contributed by atoms with van der Waals surface area (Å²) in [5.41, 5.74) is 5.04. The molecule has 1 aliphatic heterocycles. The first-order valence-corrected chi connectivity index (χ1v) is 16.9. The van der Waals surface area contributed by atoms with Crippen molar-refractivity contribution in [1.29, 1.82) is 0 Å². The molecule has 7 rings (SSSR count). The number of hydrogen-bond acceptors (Lipinski definition) is 6. The Bertz CT molecular complexity index is 1990. The summed E-state index contributed by atoms with van der Waals surface area (Å²) < 4.78 is 15.7. The molecule has 0 aliphatic carbocycles. The summed E-state index contributed by atoms with van der Waals surface area (Å²) in [4.78, 5) is 27.6. The molecule has 0 saturated carbocycles. The van der Waals surface area contributed by atoms with Crippen LogP contribution in [0, 0.1) is 0 Å². The molecule has 6 aromatic rings. The van der Waals surface area contributed by atoms with Crippen molar-refractivity contribution in [2.75, 3.05) is 18.5 Å². The molecule has 45 heavy (non-hydrogen) atoms. The van der Waals surface area contributed by atoms with Gasteiger partial charge in [-0.25, -0.2) is 0 Å². The zero-order valence-electron chi connectivity index (χ0n) is 24.1. The topological polar surface area (TPSA) is 90.6 Å². The Morgan fingerprint density at radius 2 is 1.89 bits per heavy atom. The Hall–Kier alpha value is -4.49. The maximum absolute atomic E-state index is 13.0. The summed E-state index contributed by atoms with van der Waals surface area (Å²) in [5, 5.41) is 3.37. The van der Waals surface area contributed by atoms with Crippen LogP contribution in [-0.2, 0) is 4.74 Å². The van der Waals surface area contributed by atoms with Gasteiger partial charge in [0.2, 0.25) is 0 Å². The minimum absolute atomic E-state index is 0.168. The predicted octanol–water partition coefficient (Wildman–Crippen LogP) is 5.58. The minimum atomic E-state index is -0.496. The zero-order valence-corrected chi connectivity index (χ0v) is 26.8. The molecule has 0 spiro atoms. The summed E-state index contributed by atoms with van der Waals surface area (Å²) in [6.07, 6.45) is 6.08. The normalized spacial score (nSPS) is 14.7. The fraction of sp³-hybridized carbons (Fsp3) is 0.143. The van der Waals surface area contributed by atoms with Gasteiger partial charge in [-0.15, -0.1) is 0 Å². The van der Waals surface area contributed by atoms with Gasteiger partial charge in [0.25, 0.3) is 0 Å². The van der Waals surface area contributed by atoms with Gasteiger partial charge in [0.05, 0.1) is 0 Å². The van der Waals surface area contributed by atoms with Crippen LogP contribution in [0.4, 0.5) is 5.69 Å². The van der Waals surface area contributed by atoms with E-state index >= 15 is 0 Å². The second kappa shape index (κ2) is 13.2. The Morgan fingerprint density at radius 3 is 2.78 bits per heavy atom. The Kier molecular flexibility index (Phi) is 8.60. The van der Waals surface area contributed by atoms with Gasteiger partial charge in [0, 0.05) is 0 Å². The zero-order chi connectivity index (χ0) is 30.6. The SMILES string of the molecule is O=C(Nc1cccc(-c2nc3ccccn3c2-c2ccnc([As]c3cccc(OCC4CCCO4)c3)n2)c1)c1ccccc1Cl. The molecule has 0 bridgehead atoms. The first-order valence-electron chi connectivity index (χ1n) is 14.6. The Labute approximate surface area is 272 Å². The van der Waals surface area contributed by atoms with Gasteiger partial charge < -0.3 is 0 Å². The number of imidazole rings is 1. The van der Waals surface area contributed by atoms with Crippen molar-refractivity contribution in [3.63, 3.8) is 0 Å². The van der Waals surface area contributed by atoms with Crippen LogP contribution in [0.25, 0.3) is 28.3 Å². The van der Waals surface area contributed by atoms with E-state index in [-0.39, 0.29) is 12.0 Å². The average Bonchev–Trinajstić information content (AvgIpc) is 3.73. The predicted molar refractivity (Wildman–Crippen MR) is 177 cm³/mol. The van der Waals surface area contributed by atoms with Crippen LogP contribution >= 0.6 is 11.6 Å². The molecule has 3 aromatic carbocycles. The van der Waals surface area contributed by atoms with E-state index in [9.17, 15) is 4.79 Å². The van der Waals surface area contributed by atoms with E-state index in [1.165, 1.54) is 0 Å². The van der Waals surface area contributed by atoms with Gasteiger partial charge in [-0.05, 0) is 6.07 Å². The number of amides is 1. The molecular formula is C35H28AsClN5O3. The number of carbonyl (C=O) groups is 1. The second-order valence-corrected chi connectivity index (χ2v) is 13.3. The molecule has 4 heterocycles. The van der Waals surface area contributed by atoms with Crippen LogP contribution in [0.5, 0.6) is 5.75 Å².